The van der Waals surface area contributed by atoms with Gasteiger partial charge in [-0.05, 0) is 19.8 Å². The van der Waals surface area contributed by atoms with E-state index in [1.807, 2.05) is 11.5 Å². The van der Waals surface area contributed by atoms with Gasteiger partial charge in [-0.1, -0.05) is 0 Å². The summed E-state index contributed by atoms with van der Waals surface area (Å²) >= 11 is 0. The summed E-state index contributed by atoms with van der Waals surface area (Å²) in [6, 6.07) is 0. The molecule has 0 unspecified atom stereocenters. The lowest BCUT2D eigenvalue weighted by atomic mass is 10.3. The van der Waals surface area contributed by atoms with Crippen molar-refractivity contribution in [3.05, 3.63) is 17.7 Å². The molecule has 0 fully saturated rings. The Labute approximate surface area is 88.7 Å². The second kappa shape index (κ2) is 5.50. The predicted molar refractivity (Wildman–Crippen MR) is 54.6 cm³/mol. The van der Waals surface area contributed by atoms with E-state index in [1.165, 1.54) is 13.3 Å². The molecule has 0 aliphatic rings. The Hall–Kier alpha value is -1.36. The van der Waals surface area contributed by atoms with E-state index in [1.54, 1.807) is 0 Å². The summed E-state index contributed by atoms with van der Waals surface area (Å²) in [7, 11) is 1.35. The Morgan fingerprint density at radius 3 is 2.93 bits per heavy atom. The van der Waals surface area contributed by atoms with Gasteiger partial charge in [0.2, 0.25) is 0 Å². The molecular weight excluding hydrogens is 196 g/mol. The average Bonchev–Trinajstić information content (AvgIpc) is 2.60. The van der Waals surface area contributed by atoms with Crippen LogP contribution < -0.4 is 0 Å². The molecule has 0 saturated carbocycles. The van der Waals surface area contributed by atoms with Gasteiger partial charge in [0.15, 0.2) is 0 Å². The molecule has 0 aliphatic carbocycles. The lowest BCUT2D eigenvalue weighted by Crippen LogP contribution is -2.12. The highest BCUT2D eigenvalue weighted by Crippen LogP contribution is 2.08. The Balaban J connectivity index is 2.75. The lowest BCUT2D eigenvalue weighted by Gasteiger charge is -2.07. The number of hydrogen-bond donors (Lipinski definition) is 1. The van der Waals surface area contributed by atoms with E-state index in [-0.39, 0.29) is 12.6 Å². The predicted octanol–water partition coefficient (Wildman–Crippen LogP) is 0.751. The van der Waals surface area contributed by atoms with Crippen LogP contribution in [-0.2, 0) is 11.3 Å². The van der Waals surface area contributed by atoms with Gasteiger partial charge in [0.1, 0.15) is 11.5 Å². The molecule has 0 amide bonds. The summed E-state index contributed by atoms with van der Waals surface area (Å²) in [5, 5.41) is 8.67. The van der Waals surface area contributed by atoms with Crippen LogP contribution in [0.15, 0.2) is 6.20 Å². The molecule has 15 heavy (non-hydrogen) atoms. The first kappa shape index (κ1) is 11.7. The van der Waals surface area contributed by atoms with Crippen molar-refractivity contribution in [2.75, 3.05) is 13.7 Å². The van der Waals surface area contributed by atoms with Gasteiger partial charge >= 0.3 is 5.97 Å². The number of aromatic nitrogens is 2. The number of aliphatic hydroxyl groups is 1. The van der Waals surface area contributed by atoms with Gasteiger partial charge in [-0.2, -0.15) is 0 Å². The molecule has 1 N–H and O–H groups in total. The van der Waals surface area contributed by atoms with E-state index >= 15 is 0 Å². The highest BCUT2D eigenvalue weighted by Gasteiger charge is 2.13. The van der Waals surface area contributed by atoms with Crippen LogP contribution in [0, 0.1) is 6.92 Å². The van der Waals surface area contributed by atoms with Crippen molar-refractivity contribution in [3.8, 4) is 0 Å². The number of esters is 1. The number of aryl methyl sites for hydroxylation is 1. The fraction of sp³-hybridized carbons (Fsp3) is 0.600. The van der Waals surface area contributed by atoms with Crippen molar-refractivity contribution >= 4 is 5.97 Å². The molecule has 0 aliphatic heterocycles. The molecule has 84 valence electrons. The largest absolute Gasteiger partial charge is 0.464 e. The number of ether oxygens (including phenoxy) is 1. The molecule has 0 bridgehead atoms. The maximum atomic E-state index is 11.3. The molecule has 1 rings (SSSR count). The van der Waals surface area contributed by atoms with Crippen LogP contribution in [0.25, 0.3) is 0 Å². The summed E-state index contributed by atoms with van der Waals surface area (Å²) in [4.78, 5) is 15.4. The molecule has 1 aromatic heterocycles. The van der Waals surface area contributed by atoms with Crippen LogP contribution in [-0.4, -0.2) is 34.3 Å². The number of carbonyl (C=O) groups is 1. The summed E-state index contributed by atoms with van der Waals surface area (Å²) in [6.45, 7) is 2.68. The number of unbranched alkanes of at least 4 members (excludes halogenated alkanes) is 1. The van der Waals surface area contributed by atoms with Crippen LogP contribution >= 0.6 is 0 Å². The minimum atomic E-state index is -0.375. The van der Waals surface area contributed by atoms with E-state index in [2.05, 4.69) is 9.72 Å². The van der Waals surface area contributed by atoms with Crippen molar-refractivity contribution in [3.63, 3.8) is 0 Å². The van der Waals surface area contributed by atoms with E-state index in [0.29, 0.717) is 12.2 Å². The molecular formula is C10H16N2O3. The van der Waals surface area contributed by atoms with Crippen LogP contribution in [0.1, 0.15) is 29.2 Å². The van der Waals surface area contributed by atoms with Crippen molar-refractivity contribution < 1.29 is 14.6 Å². The van der Waals surface area contributed by atoms with Gasteiger partial charge in [-0.25, -0.2) is 9.78 Å². The average molecular weight is 212 g/mol. The van der Waals surface area contributed by atoms with E-state index in [0.717, 1.165) is 18.7 Å². The van der Waals surface area contributed by atoms with Crippen molar-refractivity contribution in [2.45, 2.75) is 26.3 Å². The standard InChI is InChI=1S/C10H16N2O3/c1-8-11-7-9(10(14)15-2)12(8)5-3-4-6-13/h7,13H,3-6H2,1-2H3. The molecule has 1 heterocycles. The Kier molecular flexibility index (Phi) is 4.30. The fourth-order valence-electron chi connectivity index (χ4n) is 1.40. The fourth-order valence-corrected chi connectivity index (χ4v) is 1.40. The summed E-state index contributed by atoms with van der Waals surface area (Å²) in [5.74, 6) is 0.410. The zero-order chi connectivity index (χ0) is 11.3. The Morgan fingerprint density at radius 2 is 2.33 bits per heavy atom. The summed E-state index contributed by atoms with van der Waals surface area (Å²) < 4.78 is 6.45. The number of hydrogen-bond acceptors (Lipinski definition) is 4. The normalized spacial score (nSPS) is 10.3. The molecule has 0 saturated heterocycles. The zero-order valence-corrected chi connectivity index (χ0v) is 9.06. The zero-order valence-electron chi connectivity index (χ0n) is 9.06. The van der Waals surface area contributed by atoms with Gasteiger partial charge in [-0.3, -0.25) is 0 Å². The number of rotatable bonds is 5. The Bertz CT molecular complexity index is 333. The minimum absolute atomic E-state index is 0.168. The van der Waals surface area contributed by atoms with Crippen LogP contribution in [0.4, 0.5) is 0 Å². The van der Waals surface area contributed by atoms with Crippen LogP contribution in [0.2, 0.25) is 0 Å². The quantitative estimate of drug-likeness (QED) is 0.578. The maximum Gasteiger partial charge on any atom is 0.356 e. The second-order valence-corrected chi connectivity index (χ2v) is 3.26. The third-order valence-corrected chi connectivity index (χ3v) is 2.24. The number of nitrogens with zero attached hydrogens (tertiary/aromatic N) is 2. The van der Waals surface area contributed by atoms with E-state index < -0.39 is 0 Å². The minimum Gasteiger partial charge on any atom is -0.464 e. The monoisotopic (exact) mass is 212 g/mol. The molecule has 0 spiro atoms. The van der Waals surface area contributed by atoms with Crippen LogP contribution in [0.5, 0.6) is 0 Å². The highest BCUT2D eigenvalue weighted by atomic mass is 16.5. The van der Waals surface area contributed by atoms with Gasteiger partial charge in [0.25, 0.3) is 0 Å². The molecule has 0 radical (unpaired) electrons. The smallest absolute Gasteiger partial charge is 0.356 e. The summed E-state index contributed by atoms with van der Waals surface area (Å²) in [5.41, 5.74) is 0.466. The van der Waals surface area contributed by atoms with Gasteiger partial charge in [-0.15, -0.1) is 0 Å². The maximum absolute atomic E-state index is 11.3. The van der Waals surface area contributed by atoms with Gasteiger partial charge in [0.05, 0.1) is 13.3 Å². The summed E-state index contributed by atoms with van der Waals surface area (Å²) in [6.07, 6.45) is 3.05. The number of aliphatic hydroxyl groups excluding tert-OH is 1. The van der Waals surface area contributed by atoms with E-state index in [9.17, 15) is 4.79 Å². The van der Waals surface area contributed by atoms with Crippen LogP contribution in [0.3, 0.4) is 0 Å². The Morgan fingerprint density at radius 1 is 1.60 bits per heavy atom. The topological polar surface area (TPSA) is 64.3 Å². The molecule has 5 heteroatoms. The third-order valence-electron chi connectivity index (χ3n) is 2.24. The molecule has 1 aromatic rings. The van der Waals surface area contributed by atoms with Gasteiger partial charge < -0.3 is 14.4 Å². The first-order valence-corrected chi connectivity index (χ1v) is 4.92. The number of imidazole rings is 1. The van der Waals surface area contributed by atoms with E-state index in [4.69, 9.17) is 5.11 Å². The number of methoxy groups -OCH3 is 1. The lowest BCUT2D eigenvalue weighted by molar-refractivity contribution is 0.0588. The van der Waals surface area contributed by atoms with Crippen molar-refractivity contribution in [1.29, 1.82) is 0 Å². The SMILES string of the molecule is COC(=O)c1cnc(C)n1CCCCO. The van der Waals surface area contributed by atoms with Gasteiger partial charge in [0, 0.05) is 13.2 Å². The second-order valence-electron chi connectivity index (χ2n) is 3.26. The highest BCUT2D eigenvalue weighted by molar-refractivity contribution is 5.87. The number of carbonyl (C=O) groups excluding carboxylic acids is 1. The molecule has 5 nitrogen and oxygen atoms in total. The first-order chi connectivity index (χ1) is 7.20. The van der Waals surface area contributed by atoms with Crippen molar-refractivity contribution in [2.24, 2.45) is 0 Å². The van der Waals surface area contributed by atoms with Crippen molar-refractivity contribution in [1.82, 2.24) is 9.55 Å². The molecule has 0 aromatic carbocycles. The molecule has 0 atom stereocenters. The first-order valence-electron chi connectivity index (χ1n) is 4.92. The third kappa shape index (κ3) is 2.79.